The number of hydrogen-bond acceptors (Lipinski definition) is 0. The summed E-state index contributed by atoms with van der Waals surface area (Å²) in [4.78, 5) is 0. The van der Waals surface area contributed by atoms with Crippen LogP contribution in [0.15, 0.2) is 243 Å². The molecule has 1 aliphatic heterocycles. The van der Waals surface area contributed by atoms with Crippen LogP contribution < -0.4 is 13.7 Å². The van der Waals surface area contributed by atoms with E-state index in [1.54, 1.807) is 0 Å². The van der Waals surface area contributed by atoms with E-state index in [4.69, 9.17) is 0 Å². The van der Waals surface area contributed by atoms with Crippen LogP contribution in [0.2, 0.25) is 0 Å². The predicted octanol–water partition coefficient (Wildman–Crippen LogP) is 15.3. The minimum absolute atomic E-state index is 0. The maximum Gasteiger partial charge on any atom is 0.213 e. The molecule has 72 heavy (non-hydrogen) atoms. The molecule has 12 rings (SSSR count). The van der Waals surface area contributed by atoms with Gasteiger partial charge in [0.15, 0.2) is 25.1 Å². The van der Waals surface area contributed by atoms with Crippen molar-refractivity contribution in [2.24, 2.45) is 14.1 Å². The van der Waals surface area contributed by atoms with Gasteiger partial charge in [0, 0.05) is 71.7 Å². The number of benzene rings is 8. The van der Waals surface area contributed by atoms with Gasteiger partial charge in [-0.2, -0.15) is 4.57 Å². The smallest absolute Gasteiger partial charge is 0.200 e. The molecule has 1 radical (unpaired) electrons. The number of hydrogen-bond donors (Lipinski definition) is 0. The van der Waals surface area contributed by atoms with Crippen molar-refractivity contribution in [1.82, 2.24) is 0 Å². The largest absolute Gasteiger partial charge is 0.213 e. The molecule has 3 aromatic heterocycles. The predicted molar refractivity (Wildman–Crippen MR) is 292 cm³/mol. The summed E-state index contributed by atoms with van der Waals surface area (Å²) in [6.07, 6.45) is 6.96. The zero-order chi connectivity index (χ0) is 48.0. The molecular weight excluding hydrogens is 1050 g/mol. The quantitative estimate of drug-likeness (QED) is 0.128. The van der Waals surface area contributed by atoms with Crippen LogP contribution in [0.25, 0.3) is 112 Å². The van der Waals surface area contributed by atoms with Gasteiger partial charge in [0.25, 0.3) is 0 Å². The van der Waals surface area contributed by atoms with E-state index in [1.165, 1.54) is 106 Å². The van der Waals surface area contributed by atoms with Crippen molar-refractivity contribution < 1.29 is 33.8 Å². The third kappa shape index (κ3) is 8.53. The molecule has 0 atom stereocenters. The zero-order valence-electron chi connectivity index (χ0n) is 41.0. The second-order valence-corrected chi connectivity index (χ2v) is 19.0. The first-order valence-corrected chi connectivity index (χ1v) is 24.6. The van der Waals surface area contributed by atoms with Gasteiger partial charge in [0.1, 0.15) is 14.1 Å². The molecule has 0 spiro atoms. The molecule has 1 aliphatic rings. The van der Waals surface area contributed by atoms with Crippen molar-refractivity contribution in [3.05, 3.63) is 260 Å². The summed E-state index contributed by atoms with van der Waals surface area (Å²) >= 11 is 0. The first kappa shape index (κ1) is 46.3. The number of fused-ring (bicyclic) bond motifs is 3. The molecular formula is C68H54IrN3+3. The Balaban J connectivity index is 0.00000560. The summed E-state index contributed by atoms with van der Waals surface area (Å²) < 4.78 is 6.97. The molecule has 0 saturated heterocycles. The van der Waals surface area contributed by atoms with Crippen LogP contribution in [0.4, 0.5) is 0 Å². The fraction of sp³-hybridized carbons (Fsp3) is 0.0735. The van der Waals surface area contributed by atoms with Crippen LogP contribution in [0.3, 0.4) is 0 Å². The normalized spacial score (nSPS) is 11.4. The van der Waals surface area contributed by atoms with Crippen molar-refractivity contribution >= 4 is 0 Å². The van der Waals surface area contributed by atoms with Gasteiger partial charge >= 0.3 is 0 Å². The van der Waals surface area contributed by atoms with E-state index in [0.717, 1.165) is 28.8 Å². The summed E-state index contributed by atoms with van der Waals surface area (Å²) in [5.74, 6) is 0. The molecule has 4 heterocycles. The van der Waals surface area contributed by atoms with E-state index in [1.807, 2.05) is 0 Å². The monoisotopic (exact) mass is 1110 g/mol. The second kappa shape index (κ2) is 19.6. The summed E-state index contributed by atoms with van der Waals surface area (Å²) in [5, 5.41) is 0. The maximum absolute atomic E-state index is 2.42. The van der Waals surface area contributed by atoms with Crippen LogP contribution in [0.1, 0.15) is 16.7 Å². The fourth-order valence-corrected chi connectivity index (χ4v) is 11.0. The van der Waals surface area contributed by atoms with Gasteiger partial charge in [0.05, 0.1) is 11.1 Å². The van der Waals surface area contributed by atoms with Gasteiger partial charge in [-0.25, -0.2) is 9.13 Å². The third-order valence-electron chi connectivity index (χ3n) is 14.6. The summed E-state index contributed by atoms with van der Waals surface area (Å²) in [6.45, 7) is 5.25. The number of rotatable bonds is 9. The van der Waals surface area contributed by atoms with Crippen LogP contribution in [-0.4, -0.2) is 0 Å². The van der Waals surface area contributed by atoms with Crippen molar-refractivity contribution in [2.75, 3.05) is 0 Å². The molecule has 0 saturated carbocycles. The standard InChI is InChI=1S/C68H54N3.Ir/c1-46-20-8-11-25-55(46)66-36-34-50(42-69(66)3)57-27-14-16-29-59(57)52-38-53(60-30-17-15-28-58(60)51-35-37-67-62-32-13-10-24-49(62)43-71(67)44-51)40-54(39-52)61-31-18-19-33-63(61)65-45-70(4)68(56-26-12-9-21-47(56)2)41-64(65)48-22-6-5-7-23-48;/h5-42,44-45H,43H2,1-4H3;/q+3;. The third-order valence-corrected chi connectivity index (χ3v) is 14.6. The molecule has 0 aliphatic carbocycles. The zero-order valence-corrected chi connectivity index (χ0v) is 43.4. The first-order chi connectivity index (χ1) is 34.9. The van der Waals surface area contributed by atoms with Crippen molar-refractivity contribution in [1.29, 1.82) is 0 Å². The Hall–Kier alpha value is -8.14. The van der Waals surface area contributed by atoms with Gasteiger partial charge in [-0.05, 0) is 129 Å². The van der Waals surface area contributed by atoms with Gasteiger partial charge < -0.3 is 0 Å². The fourth-order valence-electron chi connectivity index (χ4n) is 11.0. The Morgan fingerprint density at radius 3 is 1.25 bits per heavy atom. The Morgan fingerprint density at radius 1 is 0.278 bits per heavy atom. The molecule has 347 valence electrons. The second-order valence-electron chi connectivity index (χ2n) is 19.0. The summed E-state index contributed by atoms with van der Waals surface area (Å²) in [5.41, 5.74) is 27.8. The molecule has 0 bridgehead atoms. The Bertz CT molecular complexity index is 3850. The van der Waals surface area contributed by atoms with Gasteiger partial charge in [-0.15, -0.1) is 0 Å². The van der Waals surface area contributed by atoms with Crippen molar-refractivity contribution in [3.8, 4) is 112 Å². The molecule has 4 heteroatoms. The molecule has 0 N–H and O–H groups in total. The summed E-state index contributed by atoms with van der Waals surface area (Å²) in [7, 11) is 4.34. The average Bonchev–Trinajstić information content (AvgIpc) is 3.79. The van der Waals surface area contributed by atoms with Crippen LogP contribution in [0.5, 0.6) is 0 Å². The number of aromatic nitrogens is 3. The summed E-state index contributed by atoms with van der Waals surface area (Å²) in [6, 6.07) is 82.5. The topological polar surface area (TPSA) is 11.6 Å². The van der Waals surface area contributed by atoms with Crippen LogP contribution >= 0.6 is 0 Å². The molecule has 0 fully saturated rings. The van der Waals surface area contributed by atoms with Crippen LogP contribution in [-0.2, 0) is 40.7 Å². The molecule has 3 nitrogen and oxygen atoms in total. The number of pyridine rings is 3. The Morgan fingerprint density at radius 2 is 0.694 bits per heavy atom. The molecule has 0 amide bonds. The van der Waals surface area contributed by atoms with Crippen molar-refractivity contribution in [2.45, 2.75) is 20.4 Å². The van der Waals surface area contributed by atoms with E-state index in [9.17, 15) is 0 Å². The van der Waals surface area contributed by atoms with Crippen LogP contribution in [0, 0.1) is 13.8 Å². The number of aryl methyl sites for hydroxylation is 4. The Labute approximate surface area is 437 Å². The maximum atomic E-state index is 2.42. The SMILES string of the molecule is Cc1ccccc1-c1ccc(-c2ccccc2-c2cc(-c3ccccc3-c3ccc4[n+](c3)Cc3ccccc3-4)cc(-c3ccccc3-c3c[n+](C)c(-c4ccccc4C)cc3-c3ccccc3)c2)c[n+]1C.[Ir]. The van der Waals surface area contributed by atoms with E-state index in [2.05, 4.69) is 285 Å². The van der Waals surface area contributed by atoms with E-state index in [-0.39, 0.29) is 20.1 Å². The average molecular weight is 1110 g/mol. The van der Waals surface area contributed by atoms with Gasteiger partial charge in [-0.3, -0.25) is 0 Å². The first-order valence-electron chi connectivity index (χ1n) is 24.6. The van der Waals surface area contributed by atoms with Gasteiger partial charge in [0.2, 0.25) is 17.1 Å². The molecule has 0 unspecified atom stereocenters. The molecule has 8 aromatic carbocycles. The Kier molecular flexibility index (Phi) is 12.6. The minimum atomic E-state index is 0. The molecule has 11 aromatic rings. The number of nitrogens with zero attached hydrogens (tertiary/aromatic N) is 3. The minimum Gasteiger partial charge on any atom is -0.200 e. The van der Waals surface area contributed by atoms with E-state index in [0.29, 0.717) is 0 Å². The van der Waals surface area contributed by atoms with Crippen molar-refractivity contribution in [3.63, 3.8) is 0 Å². The van der Waals surface area contributed by atoms with E-state index >= 15 is 0 Å². The van der Waals surface area contributed by atoms with Gasteiger partial charge in [-0.1, -0.05) is 158 Å². The van der Waals surface area contributed by atoms with E-state index < -0.39 is 0 Å².